The molecule has 0 aliphatic carbocycles. The minimum atomic E-state index is -1.24. The molecule has 0 radical (unpaired) electrons. The first kappa shape index (κ1) is 22.6. The van der Waals surface area contributed by atoms with Crippen LogP contribution in [-0.2, 0) is 20.7 Å². The van der Waals surface area contributed by atoms with Crippen molar-refractivity contribution in [3.63, 3.8) is 0 Å². The number of rotatable bonds is 7. The molecule has 0 saturated carbocycles. The second-order valence-electron chi connectivity index (χ2n) is 7.35. The number of esters is 1. The zero-order valence-electron chi connectivity index (χ0n) is 17.5. The lowest BCUT2D eigenvalue weighted by atomic mass is 9.98. The zero-order valence-corrected chi connectivity index (χ0v) is 17.5. The summed E-state index contributed by atoms with van der Waals surface area (Å²) in [5.41, 5.74) is 0.417. The smallest absolute Gasteiger partial charge is 0.328 e. The van der Waals surface area contributed by atoms with Gasteiger partial charge < -0.3 is 15.0 Å². The van der Waals surface area contributed by atoms with Gasteiger partial charge in [0.15, 0.2) is 0 Å². The first-order chi connectivity index (χ1) is 14.2. The number of amides is 2. The number of methoxy groups -OCH3 is 1. The number of hydrogen-bond acceptors (Lipinski definition) is 5. The number of nitriles is 1. The van der Waals surface area contributed by atoms with Crippen LogP contribution in [0.3, 0.4) is 0 Å². The predicted molar refractivity (Wildman–Crippen MR) is 111 cm³/mol. The van der Waals surface area contributed by atoms with E-state index in [9.17, 15) is 14.4 Å². The molecule has 7 heteroatoms. The lowest BCUT2D eigenvalue weighted by Crippen LogP contribution is -2.58. The molecular weight excluding hydrogens is 382 g/mol. The van der Waals surface area contributed by atoms with E-state index >= 15 is 0 Å². The maximum Gasteiger partial charge on any atom is 0.328 e. The molecule has 0 unspecified atom stereocenters. The van der Waals surface area contributed by atoms with Crippen molar-refractivity contribution in [3.05, 3.63) is 71.3 Å². The van der Waals surface area contributed by atoms with Gasteiger partial charge in [0.2, 0.25) is 5.91 Å². The van der Waals surface area contributed by atoms with Gasteiger partial charge in [-0.25, -0.2) is 4.79 Å². The van der Waals surface area contributed by atoms with E-state index in [0.717, 1.165) is 5.56 Å². The molecule has 2 aromatic carbocycles. The molecule has 156 valence electrons. The van der Waals surface area contributed by atoms with Crippen molar-refractivity contribution in [3.8, 4) is 6.07 Å². The average molecular weight is 407 g/mol. The van der Waals surface area contributed by atoms with Crippen LogP contribution in [0, 0.1) is 11.3 Å². The summed E-state index contributed by atoms with van der Waals surface area (Å²) >= 11 is 0. The zero-order chi connectivity index (χ0) is 22.3. The third-order valence-corrected chi connectivity index (χ3v) is 5.03. The second-order valence-corrected chi connectivity index (χ2v) is 7.35. The van der Waals surface area contributed by atoms with Crippen molar-refractivity contribution in [2.24, 2.45) is 0 Å². The van der Waals surface area contributed by atoms with Crippen LogP contribution in [-0.4, -0.2) is 48.4 Å². The van der Waals surface area contributed by atoms with E-state index in [0.29, 0.717) is 11.1 Å². The summed E-state index contributed by atoms with van der Waals surface area (Å²) in [6.07, 6.45) is 0.266. The van der Waals surface area contributed by atoms with Crippen LogP contribution in [0.2, 0.25) is 0 Å². The molecule has 30 heavy (non-hydrogen) atoms. The average Bonchev–Trinajstić information content (AvgIpc) is 2.77. The van der Waals surface area contributed by atoms with E-state index in [2.05, 4.69) is 5.32 Å². The minimum absolute atomic E-state index is 0.266. The third kappa shape index (κ3) is 5.23. The first-order valence-electron chi connectivity index (χ1n) is 9.41. The molecule has 7 nitrogen and oxygen atoms in total. The Morgan fingerprint density at radius 1 is 1.10 bits per heavy atom. The van der Waals surface area contributed by atoms with Gasteiger partial charge in [-0.3, -0.25) is 9.59 Å². The SMILES string of the molecule is COC(=O)[C@H](Cc1ccccc1)NC(=O)C(C)(C)N(C)C(=O)c1ccc(C#N)cc1. The number of carbonyl (C=O) groups excluding carboxylic acids is 3. The van der Waals surface area contributed by atoms with E-state index in [1.54, 1.807) is 26.0 Å². The standard InChI is InChI=1S/C23H25N3O4/c1-23(2,26(3)20(27)18-12-10-17(15-24)11-13-18)22(29)25-19(21(28)30-4)14-16-8-6-5-7-9-16/h5-13,19H,14H2,1-4H3,(H,25,29)/t19-/m0/s1. The number of benzene rings is 2. The van der Waals surface area contributed by atoms with E-state index in [-0.39, 0.29) is 12.3 Å². The fourth-order valence-electron chi connectivity index (χ4n) is 2.81. The highest BCUT2D eigenvalue weighted by molar-refractivity contribution is 5.99. The van der Waals surface area contributed by atoms with Crippen LogP contribution < -0.4 is 5.32 Å². The van der Waals surface area contributed by atoms with Gasteiger partial charge in [0, 0.05) is 19.0 Å². The fraction of sp³-hybridized carbons (Fsp3) is 0.304. The Bertz CT molecular complexity index is 947. The van der Waals surface area contributed by atoms with Gasteiger partial charge in [0.25, 0.3) is 5.91 Å². The summed E-state index contributed by atoms with van der Waals surface area (Å²) in [6, 6.07) is 16.5. The van der Waals surface area contributed by atoms with Gasteiger partial charge in [-0.1, -0.05) is 30.3 Å². The summed E-state index contributed by atoms with van der Waals surface area (Å²) in [6.45, 7) is 3.20. The van der Waals surface area contributed by atoms with Gasteiger partial charge in [0.05, 0.1) is 18.7 Å². The predicted octanol–water partition coefficient (Wildman–Crippen LogP) is 2.31. The van der Waals surface area contributed by atoms with Gasteiger partial charge in [0.1, 0.15) is 11.6 Å². The van der Waals surface area contributed by atoms with Gasteiger partial charge in [-0.05, 0) is 43.7 Å². The Kier molecular flexibility index (Phi) is 7.32. The van der Waals surface area contributed by atoms with E-state index in [1.165, 1.54) is 31.2 Å². The number of carbonyl (C=O) groups is 3. The fourth-order valence-corrected chi connectivity index (χ4v) is 2.81. The van der Waals surface area contributed by atoms with Crippen LogP contribution in [0.25, 0.3) is 0 Å². The molecule has 2 amide bonds. The van der Waals surface area contributed by atoms with Crippen LogP contribution >= 0.6 is 0 Å². The summed E-state index contributed by atoms with van der Waals surface area (Å²) < 4.78 is 4.84. The molecule has 0 aromatic heterocycles. The molecule has 0 bridgehead atoms. The molecule has 1 atom stereocenters. The van der Waals surface area contributed by atoms with E-state index < -0.39 is 23.5 Å². The number of nitrogens with zero attached hydrogens (tertiary/aromatic N) is 2. The molecule has 0 saturated heterocycles. The molecule has 0 heterocycles. The minimum Gasteiger partial charge on any atom is -0.467 e. The Labute approximate surface area is 176 Å². The Balaban J connectivity index is 2.17. The quantitative estimate of drug-likeness (QED) is 0.710. The van der Waals surface area contributed by atoms with Crippen LogP contribution in [0.4, 0.5) is 0 Å². The third-order valence-electron chi connectivity index (χ3n) is 5.03. The lowest BCUT2D eigenvalue weighted by molar-refractivity contribution is -0.146. The van der Waals surface area contributed by atoms with Crippen molar-refractivity contribution in [2.45, 2.75) is 31.8 Å². The molecule has 2 aromatic rings. The summed E-state index contributed by atoms with van der Waals surface area (Å²) in [5, 5.41) is 11.6. The number of nitrogens with one attached hydrogen (secondary N) is 1. The monoisotopic (exact) mass is 407 g/mol. The highest BCUT2D eigenvalue weighted by Crippen LogP contribution is 2.18. The Hall–Kier alpha value is -3.66. The van der Waals surface area contributed by atoms with Crippen molar-refractivity contribution in [1.29, 1.82) is 5.26 Å². The van der Waals surface area contributed by atoms with Gasteiger partial charge >= 0.3 is 5.97 Å². The second kappa shape index (κ2) is 9.70. The highest BCUT2D eigenvalue weighted by atomic mass is 16.5. The molecule has 0 aliphatic rings. The van der Waals surface area contributed by atoms with Crippen LogP contribution in [0.1, 0.15) is 35.3 Å². The number of hydrogen-bond donors (Lipinski definition) is 1. The maximum atomic E-state index is 13.0. The van der Waals surface area contributed by atoms with Crippen molar-refractivity contribution in [1.82, 2.24) is 10.2 Å². The van der Waals surface area contributed by atoms with Crippen molar-refractivity contribution < 1.29 is 19.1 Å². The van der Waals surface area contributed by atoms with E-state index in [4.69, 9.17) is 10.00 Å². The summed E-state index contributed by atoms with van der Waals surface area (Å²) in [4.78, 5) is 39.4. The lowest BCUT2D eigenvalue weighted by Gasteiger charge is -2.35. The van der Waals surface area contributed by atoms with Crippen molar-refractivity contribution >= 4 is 17.8 Å². The molecule has 0 aliphatic heterocycles. The summed E-state index contributed by atoms with van der Waals surface area (Å²) in [5.74, 6) is -1.43. The molecular formula is C23H25N3O4. The largest absolute Gasteiger partial charge is 0.467 e. The van der Waals surface area contributed by atoms with Crippen LogP contribution in [0.5, 0.6) is 0 Å². The van der Waals surface area contributed by atoms with E-state index in [1.807, 2.05) is 36.4 Å². The van der Waals surface area contributed by atoms with Crippen LogP contribution in [0.15, 0.2) is 54.6 Å². The summed E-state index contributed by atoms with van der Waals surface area (Å²) in [7, 11) is 2.78. The topological polar surface area (TPSA) is 99.5 Å². The first-order valence-corrected chi connectivity index (χ1v) is 9.41. The van der Waals surface area contributed by atoms with Gasteiger partial charge in [-0.2, -0.15) is 5.26 Å². The highest BCUT2D eigenvalue weighted by Gasteiger charge is 2.38. The number of ether oxygens (including phenoxy) is 1. The molecule has 1 N–H and O–H groups in total. The normalized spacial score (nSPS) is 11.7. The van der Waals surface area contributed by atoms with Crippen molar-refractivity contribution in [2.75, 3.05) is 14.2 Å². The molecule has 0 spiro atoms. The Morgan fingerprint density at radius 2 is 1.70 bits per heavy atom. The number of likely N-dealkylation sites (N-methyl/N-ethyl adjacent to an activating group) is 1. The Morgan fingerprint density at radius 3 is 2.23 bits per heavy atom. The molecule has 0 fully saturated rings. The maximum absolute atomic E-state index is 13.0. The molecule has 2 rings (SSSR count). The van der Waals surface area contributed by atoms with Gasteiger partial charge in [-0.15, -0.1) is 0 Å².